The normalized spacial score (nSPS) is 16.7. The van der Waals surface area contributed by atoms with E-state index in [0.29, 0.717) is 17.7 Å². The largest absolute Gasteiger partial charge is 0.315 e. The summed E-state index contributed by atoms with van der Waals surface area (Å²) in [5.41, 5.74) is 0.808. The monoisotopic (exact) mass is 261 g/mol. The highest BCUT2D eigenvalue weighted by Crippen LogP contribution is 2.25. The fourth-order valence-corrected chi connectivity index (χ4v) is 2.28. The van der Waals surface area contributed by atoms with Crippen LogP contribution in [0.25, 0.3) is 0 Å². The van der Waals surface area contributed by atoms with Crippen molar-refractivity contribution < 1.29 is 9.59 Å². The molecule has 0 saturated carbocycles. The van der Waals surface area contributed by atoms with Crippen molar-refractivity contribution in [2.24, 2.45) is 5.41 Å². The number of hydrogen-bond acceptors (Lipinski definition) is 4. The van der Waals surface area contributed by atoms with Crippen molar-refractivity contribution in [2.45, 2.75) is 26.8 Å². The van der Waals surface area contributed by atoms with Gasteiger partial charge in [0, 0.05) is 25.0 Å². The van der Waals surface area contributed by atoms with Gasteiger partial charge in [-0.25, -0.2) is 0 Å². The second-order valence-electron chi connectivity index (χ2n) is 5.85. The molecule has 0 unspecified atom stereocenters. The Morgan fingerprint density at radius 3 is 2.42 bits per heavy atom. The molecule has 0 radical (unpaired) electrons. The van der Waals surface area contributed by atoms with Crippen molar-refractivity contribution in [1.82, 2.24) is 15.2 Å². The predicted molar refractivity (Wildman–Crippen MR) is 71.9 cm³/mol. The van der Waals surface area contributed by atoms with Crippen LogP contribution in [0.15, 0.2) is 18.5 Å². The highest BCUT2D eigenvalue weighted by atomic mass is 16.2. The van der Waals surface area contributed by atoms with Gasteiger partial charge in [0.15, 0.2) is 0 Å². The number of hydrogen-bond donors (Lipinski definition) is 1. The number of carbonyl (C=O) groups excluding carboxylic acids is 2. The molecular formula is C14H19N3O2. The quantitative estimate of drug-likeness (QED) is 0.833. The number of pyridine rings is 1. The average molecular weight is 261 g/mol. The number of likely N-dealkylation sites (N-methyl/N-ethyl adjacent to an activating group) is 1. The molecule has 0 aliphatic carbocycles. The molecule has 5 heteroatoms. The Morgan fingerprint density at radius 2 is 1.89 bits per heavy atom. The maximum absolute atomic E-state index is 12.2. The standard InChI is InChI=1S/C14H19N3O2/c1-14(2,3)11(15-4)8-17-12(18)9-5-6-16-7-10(9)13(17)19/h5-7,11,15H,8H2,1-4H3/t11-/m1/s1. The second kappa shape index (κ2) is 4.74. The van der Waals surface area contributed by atoms with Crippen LogP contribution in [0.2, 0.25) is 0 Å². The number of carbonyl (C=O) groups is 2. The number of nitrogens with zero attached hydrogens (tertiary/aromatic N) is 2. The van der Waals surface area contributed by atoms with Crippen molar-refractivity contribution in [3.63, 3.8) is 0 Å². The van der Waals surface area contributed by atoms with Crippen molar-refractivity contribution in [2.75, 3.05) is 13.6 Å². The first-order valence-electron chi connectivity index (χ1n) is 6.33. The van der Waals surface area contributed by atoms with Gasteiger partial charge in [-0.15, -0.1) is 0 Å². The van der Waals surface area contributed by atoms with Crippen LogP contribution < -0.4 is 5.32 Å². The minimum Gasteiger partial charge on any atom is -0.315 e. The van der Waals surface area contributed by atoms with Gasteiger partial charge in [0.2, 0.25) is 0 Å². The summed E-state index contributed by atoms with van der Waals surface area (Å²) in [6, 6.07) is 1.64. The molecule has 1 aliphatic rings. The van der Waals surface area contributed by atoms with Crippen molar-refractivity contribution >= 4 is 11.8 Å². The summed E-state index contributed by atoms with van der Waals surface area (Å²) in [7, 11) is 1.84. The molecule has 102 valence electrons. The van der Waals surface area contributed by atoms with Gasteiger partial charge < -0.3 is 5.32 Å². The van der Waals surface area contributed by atoms with E-state index in [9.17, 15) is 9.59 Å². The van der Waals surface area contributed by atoms with Crippen LogP contribution in [0.5, 0.6) is 0 Å². The molecule has 2 rings (SSSR count). The van der Waals surface area contributed by atoms with Crippen LogP contribution in [0.3, 0.4) is 0 Å². The van der Waals surface area contributed by atoms with Crippen LogP contribution in [0.4, 0.5) is 0 Å². The maximum atomic E-state index is 12.2. The first-order chi connectivity index (χ1) is 8.86. The Hall–Kier alpha value is -1.75. The van der Waals surface area contributed by atoms with Crippen LogP contribution in [-0.4, -0.2) is 41.3 Å². The van der Waals surface area contributed by atoms with E-state index in [1.807, 2.05) is 7.05 Å². The van der Waals surface area contributed by atoms with E-state index in [0.717, 1.165) is 0 Å². The second-order valence-corrected chi connectivity index (χ2v) is 5.85. The summed E-state index contributed by atoms with van der Waals surface area (Å²) >= 11 is 0. The number of amides is 2. The Labute approximate surface area is 113 Å². The van der Waals surface area contributed by atoms with Gasteiger partial charge in [-0.05, 0) is 18.5 Å². The zero-order valence-electron chi connectivity index (χ0n) is 11.7. The lowest BCUT2D eigenvalue weighted by Gasteiger charge is -2.32. The fraction of sp³-hybridized carbons (Fsp3) is 0.500. The molecule has 0 saturated heterocycles. The molecule has 0 spiro atoms. The zero-order valence-corrected chi connectivity index (χ0v) is 11.7. The Morgan fingerprint density at radius 1 is 1.26 bits per heavy atom. The van der Waals surface area contributed by atoms with Gasteiger partial charge in [-0.2, -0.15) is 0 Å². The minimum absolute atomic E-state index is 0.0394. The lowest BCUT2D eigenvalue weighted by Crippen LogP contribution is -2.48. The molecule has 0 aromatic carbocycles. The zero-order chi connectivity index (χ0) is 14.2. The smallest absolute Gasteiger partial charge is 0.263 e. The Kier molecular flexibility index (Phi) is 3.41. The summed E-state index contributed by atoms with van der Waals surface area (Å²) in [5, 5.41) is 3.18. The molecule has 0 fully saturated rings. The van der Waals surface area contributed by atoms with E-state index in [4.69, 9.17) is 0 Å². The van der Waals surface area contributed by atoms with Gasteiger partial charge in [-0.1, -0.05) is 20.8 Å². The summed E-state index contributed by atoms with van der Waals surface area (Å²) in [4.78, 5) is 29.7. The maximum Gasteiger partial charge on any atom is 0.263 e. The summed E-state index contributed by atoms with van der Waals surface area (Å²) in [6.07, 6.45) is 2.99. The van der Waals surface area contributed by atoms with Crippen LogP contribution in [0, 0.1) is 5.41 Å². The molecule has 0 bridgehead atoms. The fourth-order valence-electron chi connectivity index (χ4n) is 2.28. The predicted octanol–water partition coefficient (Wildman–Crippen LogP) is 1.31. The Bertz CT molecular complexity index is 485. The summed E-state index contributed by atoms with van der Waals surface area (Å²) < 4.78 is 0. The lowest BCUT2D eigenvalue weighted by atomic mass is 9.86. The molecule has 5 nitrogen and oxygen atoms in total. The molecule has 19 heavy (non-hydrogen) atoms. The molecule has 2 heterocycles. The van der Waals surface area contributed by atoms with E-state index in [2.05, 4.69) is 31.1 Å². The van der Waals surface area contributed by atoms with Crippen molar-refractivity contribution in [3.8, 4) is 0 Å². The molecule has 1 N–H and O–H groups in total. The summed E-state index contributed by atoms with van der Waals surface area (Å²) in [6.45, 7) is 6.60. The number of rotatable bonds is 3. The van der Waals surface area contributed by atoms with E-state index in [1.165, 1.54) is 17.3 Å². The SMILES string of the molecule is CN[C@H](CN1C(=O)c2ccncc2C1=O)C(C)(C)C. The number of fused-ring (bicyclic) bond motifs is 1. The molecule has 1 aromatic heterocycles. The van der Waals surface area contributed by atoms with Gasteiger partial charge in [0.05, 0.1) is 11.1 Å². The van der Waals surface area contributed by atoms with Crippen molar-refractivity contribution in [1.29, 1.82) is 0 Å². The highest BCUT2D eigenvalue weighted by molar-refractivity contribution is 6.21. The third-order valence-corrected chi connectivity index (χ3v) is 3.53. The van der Waals surface area contributed by atoms with E-state index < -0.39 is 0 Å². The lowest BCUT2D eigenvalue weighted by molar-refractivity contribution is 0.0612. The van der Waals surface area contributed by atoms with Crippen molar-refractivity contribution in [3.05, 3.63) is 29.6 Å². The average Bonchev–Trinajstić information content (AvgIpc) is 2.59. The Balaban J connectivity index is 2.25. The first-order valence-corrected chi connectivity index (χ1v) is 6.33. The number of aromatic nitrogens is 1. The minimum atomic E-state index is -0.252. The van der Waals surface area contributed by atoms with Crippen LogP contribution >= 0.6 is 0 Å². The number of imide groups is 1. The highest BCUT2D eigenvalue weighted by Gasteiger charge is 2.38. The molecule has 1 aliphatic heterocycles. The van der Waals surface area contributed by atoms with E-state index in [1.54, 1.807) is 6.07 Å². The van der Waals surface area contributed by atoms with E-state index >= 15 is 0 Å². The first kappa shape index (κ1) is 13.7. The third-order valence-electron chi connectivity index (χ3n) is 3.53. The van der Waals surface area contributed by atoms with Crippen LogP contribution in [-0.2, 0) is 0 Å². The summed E-state index contributed by atoms with van der Waals surface area (Å²) in [5.74, 6) is -0.482. The molecular weight excluding hydrogens is 242 g/mol. The van der Waals surface area contributed by atoms with Gasteiger partial charge in [0.25, 0.3) is 11.8 Å². The topological polar surface area (TPSA) is 62.3 Å². The molecule has 1 aromatic rings. The molecule has 2 amide bonds. The van der Waals surface area contributed by atoms with E-state index in [-0.39, 0.29) is 23.3 Å². The molecule has 1 atom stereocenters. The van der Waals surface area contributed by atoms with Gasteiger partial charge in [0.1, 0.15) is 0 Å². The third kappa shape index (κ3) is 2.38. The number of nitrogens with one attached hydrogen (secondary N) is 1. The van der Waals surface area contributed by atoms with Gasteiger partial charge in [-0.3, -0.25) is 19.5 Å². The van der Waals surface area contributed by atoms with Gasteiger partial charge >= 0.3 is 0 Å². The van der Waals surface area contributed by atoms with Crippen LogP contribution in [0.1, 0.15) is 41.5 Å².